The van der Waals surface area contributed by atoms with Crippen molar-refractivity contribution in [3.63, 3.8) is 0 Å². The van der Waals surface area contributed by atoms with Crippen LogP contribution in [-0.2, 0) is 12.0 Å². The third kappa shape index (κ3) is 3.92. The molecule has 2 aromatic rings. The van der Waals surface area contributed by atoms with Crippen molar-refractivity contribution < 1.29 is 4.74 Å². The Morgan fingerprint density at radius 3 is 2.43 bits per heavy atom. The van der Waals surface area contributed by atoms with Crippen molar-refractivity contribution in [1.29, 1.82) is 0 Å². The van der Waals surface area contributed by atoms with Crippen LogP contribution < -0.4 is 10.5 Å². The van der Waals surface area contributed by atoms with Crippen LogP contribution in [0.4, 0.5) is 5.69 Å². The Balaban J connectivity index is 2.15. The SMILES string of the molecule is Cc1cc(C(C)(C)C)ccc1OCc1cc(N)ccc1Cl. The Bertz CT molecular complexity index is 644. The lowest BCUT2D eigenvalue weighted by Crippen LogP contribution is -2.11. The van der Waals surface area contributed by atoms with Gasteiger partial charge >= 0.3 is 0 Å². The van der Waals surface area contributed by atoms with Crippen LogP contribution in [0.15, 0.2) is 36.4 Å². The van der Waals surface area contributed by atoms with Crippen molar-refractivity contribution >= 4 is 17.3 Å². The summed E-state index contributed by atoms with van der Waals surface area (Å²) in [6.45, 7) is 9.09. The van der Waals surface area contributed by atoms with Crippen LogP contribution in [0.1, 0.15) is 37.5 Å². The molecule has 2 N–H and O–H groups in total. The van der Waals surface area contributed by atoms with Gasteiger partial charge in [-0.3, -0.25) is 0 Å². The molecule has 0 fully saturated rings. The van der Waals surface area contributed by atoms with Gasteiger partial charge in [-0.25, -0.2) is 0 Å². The van der Waals surface area contributed by atoms with Gasteiger partial charge in [0.15, 0.2) is 0 Å². The fraction of sp³-hybridized carbons (Fsp3) is 0.333. The fourth-order valence-corrected chi connectivity index (χ4v) is 2.31. The summed E-state index contributed by atoms with van der Waals surface area (Å²) in [5.41, 5.74) is 9.94. The number of halogens is 1. The molecular formula is C18H22ClNO. The molecule has 0 saturated heterocycles. The molecule has 0 heterocycles. The number of hydrogen-bond acceptors (Lipinski definition) is 2. The maximum atomic E-state index is 6.15. The second-order valence-corrected chi connectivity index (χ2v) is 6.78. The second-order valence-electron chi connectivity index (χ2n) is 6.37. The smallest absolute Gasteiger partial charge is 0.122 e. The number of nitrogen functional groups attached to an aromatic ring is 1. The summed E-state index contributed by atoms with van der Waals surface area (Å²) in [6, 6.07) is 11.7. The highest BCUT2D eigenvalue weighted by Crippen LogP contribution is 2.28. The van der Waals surface area contributed by atoms with Gasteiger partial charge in [0, 0.05) is 16.3 Å². The topological polar surface area (TPSA) is 35.2 Å². The highest BCUT2D eigenvalue weighted by atomic mass is 35.5. The maximum absolute atomic E-state index is 6.15. The molecule has 0 unspecified atom stereocenters. The number of benzene rings is 2. The van der Waals surface area contributed by atoms with Gasteiger partial charge in [0.1, 0.15) is 12.4 Å². The molecule has 0 atom stereocenters. The van der Waals surface area contributed by atoms with E-state index in [2.05, 4.69) is 39.8 Å². The average molecular weight is 304 g/mol. The quantitative estimate of drug-likeness (QED) is 0.800. The molecule has 0 aliphatic heterocycles. The number of ether oxygens (including phenoxy) is 1. The summed E-state index contributed by atoms with van der Waals surface area (Å²) in [7, 11) is 0. The Morgan fingerprint density at radius 1 is 1.10 bits per heavy atom. The predicted octanol–water partition coefficient (Wildman–Crippen LogP) is 5.11. The van der Waals surface area contributed by atoms with E-state index in [-0.39, 0.29) is 5.41 Å². The summed E-state index contributed by atoms with van der Waals surface area (Å²) >= 11 is 6.15. The van der Waals surface area contributed by atoms with Gasteiger partial charge in [0.05, 0.1) is 0 Å². The molecule has 2 nitrogen and oxygen atoms in total. The van der Waals surface area contributed by atoms with Gasteiger partial charge in [-0.05, 0) is 47.7 Å². The van der Waals surface area contributed by atoms with Crippen LogP contribution in [0, 0.1) is 6.92 Å². The lowest BCUT2D eigenvalue weighted by atomic mass is 9.86. The first-order chi connectivity index (χ1) is 9.77. The van der Waals surface area contributed by atoms with Gasteiger partial charge in [-0.2, -0.15) is 0 Å². The van der Waals surface area contributed by atoms with E-state index in [0.717, 1.165) is 16.9 Å². The Labute approximate surface area is 131 Å². The minimum absolute atomic E-state index is 0.139. The van der Waals surface area contributed by atoms with Gasteiger partial charge in [0.25, 0.3) is 0 Å². The van der Waals surface area contributed by atoms with Gasteiger partial charge < -0.3 is 10.5 Å². The molecule has 3 heteroatoms. The molecule has 21 heavy (non-hydrogen) atoms. The zero-order valence-electron chi connectivity index (χ0n) is 13.0. The molecule has 2 rings (SSSR count). The summed E-state index contributed by atoms with van der Waals surface area (Å²) in [5.74, 6) is 0.876. The zero-order valence-corrected chi connectivity index (χ0v) is 13.8. The highest BCUT2D eigenvalue weighted by Gasteiger charge is 2.14. The summed E-state index contributed by atoms with van der Waals surface area (Å²) in [4.78, 5) is 0. The van der Waals surface area contributed by atoms with E-state index in [1.807, 2.05) is 12.1 Å². The van der Waals surface area contributed by atoms with E-state index >= 15 is 0 Å². The van der Waals surface area contributed by atoms with Crippen molar-refractivity contribution in [2.24, 2.45) is 0 Å². The van der Waals surface area contributed by atoms with Crippen molar-refractivity contribution in [3.05, 3.63) is 58.1 Å². The highest BCUT2D eigenvalue weighted by molar-refractivity contribution is 6.31. The third-order valence-electron chi connectivity index (χ3n) is 3.49. The minimum Gasteiger partial charge on any atom is -0.489 e. The Kier molecular flexibility index (Phi) is 4.48. The third-order valence-corrected chi connectivity index (χ3v) is 3.86. The fourth-order valence-electron chi connectivity index (χ4n) is 2.14. The molecule has 0 amide bonds. The van der Waals surface area contributed by atoms with Gasteiger partial charge in [-0.15, -0.1) is 0 Å². The summed E-state index contributed by atoms with van der Waals surface area (Å²) < 4.78 is 5.89. The van der Waals surface area contributed by atoms with Crippen molar-refractivity contribution in [3.8, 4) is 5.75 Å². The van der Waals surface area contributed by atoms with Crippen molar-refractivity contribution in [1.82, 2.24) is 0 Å². The molecule has 0 bridgehead atoms. The molecule has 0 radical (unpaired) electrons. The van der Waals surface area contributed by atoms with Crippen molar-refractivity contribution in [2.75, 3.05) is 5.73 Å². The monoisotopic (exact) mass is 303 g/mol. The number of hydrogen-bond donors (Lipinski definition) is 1. The molecule has 112 valence electrons. The average Bonchev–Trinajstić information content (AvgIpc) is 2.40. The number of nitrogens with two attached hydrogens (primary N) is 1. The first-order valence-electron chi connectivity index (χ1n) is 7.05. The lowest BCUT2D eigenvalue weighted by molar-refractivity contribution is 0.304. The molecule has 0 aliphatic carbocycles. The second kappa shape index (κ2) is 5.98. The van der Waals surface area contributed by atoms with E-state index in [1.165, 1.54) is 5.56 Å². The van der Waals surface area contributed by atoms with Crippen LogP contribution in [0.2, 0.25) is 5.02 Å². The zero-order chi connectivity index (χ0) is 15.6. The molecule has 0 saturated carbocycles. The first kappa shape index (κ1) is 15.7. The Morgan fingerprint density at radius 2 is 1.81 bits per heavy atom. The molecule has 2 aromatic carbocycles. The first-order valence-corrected chi connectivity index (χ1v) is 7.43. The molecule has 0 aromatic heterocycles. The number of anilines is 1. The van der Waals surface area contributed by atoms with Crippen LogP contribution >= 0.6 is 11.6 Å². The van der Waals surface area contributed by atoms with E-state index < -0.39 is 0 Å². The lowest BCUT2D eigenvalue weighted by Gasteiger charge is -2.20. The predicted molar refractivity (Wildman–Crippen MR) is 90.1 cm³/mol. The number of aryl methyl sites for hydroxylation is 1. The van der Waals surface area contributed by atoms with E-state index in [1.54, 1.807) is 12.1 Å². The molecule has 0 aliphatic rings. The normalized spacial score (nSPS) is 11.5. The van der Waals surface area contributed by atoms with Crippen LogP contribution in [-0.4, -0.2) is 0 Å². The van der Waals surface area contributed by atoms with Crippen LogP contribution in [0.5, 0.6) is 5.75 Å². The Hall–Kier alpha value is -1.67. The standard InChI is InChI=1S/C18H22ClNO/c1-12-9-14(18(2,3)4)5-8-17(12)21-11-13-10-15(20)6-7-16(13)19/h5-10H,11,20H2,1-4H3. The van der Waals surface area contributed by atoms with E-state index in [9.17, 15) is 0 Å². The van der Waals surface area contributed by atoms with Gasteiger partial charge in [0.2, 0.25) is 0 Å². The van der Waals surface area contributed by atoms with Crippen LogP contribution in [0.25, 0.3) is 0 Å². The van der Waals surface area contributed by atoms with E-state index in [4.69, 9.17) is 22.1 Å². The largest absolute Gasteiger partial charge is 0.489 e. The van der Waals surface area contributed by atoms with E-state index in [0.29, 0.717) is 17.3 Å². The van der Waals surface area contributed by atoms with Crippen LogP contribution in [0.3, 0.4) is 0 Å². The summed E-state index contributed by atoms with van der Waals surface area (Å²) in [5, 5.41) is 0.674. The molecular weight excluding hydrogens is 282 g/mol. The van der Waals surface area contributed by atoms with Crippen molar-refractivity contribution in [2.45, 2.75) is 39.7 Å². The van der Waals surface area contributed by atoms with Gasteiger partial charge in [-0.1, -0.05) is 44.5 Å². The summed E-state index contributed by atoms with van der Waals surface area (Å²) in [6.07, 6.45) is 0. The minimum atomic E-state index is 0.139. The molecule has 0 spiro atoms. The maximum Gasteiger partial charge on any atom is 0.122 e. The number of rotatable bonds is 3.